The molecular formula is C22H26N2O4S2. The van der Waals surface area contributed by atoms with Crippen LogP contribution in [-0.2, 0) is 14.8 Å². The van der Waals surface area contributed by atoms with E-state index in [1.807, 2.05) is 16.3 Å². The van der Waals surface area contributed by atoms with E-state index >= 15 is 0 Å². The van der Waals surface area contributed by atoms with Crippen LogP contribution >= 0.6 is 11.3 Å². The van der Waals surface area contributed by atoms with E-state index in [1.54, 1.807) is 23.5 Å². The third kappa shape index (κ3) is 4.08. The molecule has 0 N–H and O–H groups in total. The zero-order valence-electron chi connectivity index (χ0n) is 17.0. The number of ketones is 1. The van der Waals surface area contributed by atoms with Crippen molar-refractivity contribution in [3.63, 3.8) is 0 Å². The molecule has 0 bridgehead atoms. The van der Waals surface area contributed by atoms with Gasteiger partial charge in [0, 0.05) is 36.0 Å². The van der Waals surface area contributed by atoms with Gasteiger partial charge in [0.2, 0.25) is 15.9 Å². The fourth-order valence-corrected chi connectivity index (χ4v) is 6.80. The van der Waals surface area contributed by atoms with Gasteiger partial charge in [-0.2, -0.15) is 4.31 Å². The summed E-state index contributed by atoms with van der Waals surface area (Å²) in [5.41, 5.74) is 0.384. The molecule has 1 aromatic carbocycles. The van der Waals surface area contributed by atoms with Gasteiger partial charge in [0.25, 0.3) is 0 Å². The molecule has 0 saturated carbocycles. The van der Waals surface area contributed by atoms with E-state index < -0.39 is 10.0 Å². The van der Waals surface area contributed by atoms with Gasteiger partial charge in [-0.15, -0.1) is 11.3 Å². The average Bonchev–Trinajstić information content (AvgIpc) is 3.45. The number of likely N-dealkylation sites (tertiary alicyclic amines) is 1. The lowest BCUT2D eigenvalue weighted by molar-refractivity contribution is -0.137. The maximum Gasteiger partial charge on any atom is 0.243 e. The van der Waals surface area contributed by atoms with Gasteiger partial charge in [-0.1, -0.05) is 18.2 Å². The quantitative estimate of drug-likeness (QED) is 0.656. The second kappa shape index (κ2) is 8.61. The van der Waals surface area contributed by atoms with Crippen molar-refractivity contribution in [2.24, 2.45) is 5.92 Å². The Morgan fingerprint density at radius 3 is 2.47 bits per heavy atom. The number of thiophene rings is 1. The van der Waals surface area contributed by atoms with Crippen molar-refractivity contribution < 1.29 is 18.0 Å². The summed E-state index contributed by atoms with van der Waals surface area (Å²) < 4.78 is 27.5. The molecule has 2 aliphatic rings. The van der Waals surface area contributed by atoms with Crippen LogP contribution in [0, 0.1) is 5.92 Å². The molecule has 0 radical (unpaired) electrons. The second-order valence-electron chi connectivity index (χ2n) is 7.97. The Kier molecular flexibility index (Phi) is 6.09. The van der Waals surface area contributed by atoms with Gasteiger partial charge in [-0.25, -0.2) is 8.42 Å². The summed E-state index contributed by atoms with van der Waals surface area (Å²) in [6.45, 7) is 2.84. The Bertz CT molecular complexity index is 1030. The fraction of sp³-hybridized carbons (Fsp3) is 0.455. The van der Waals surface area contributed by atoms with Crippen LogP contribution in [0.1, 0.15) is 53.9 Å². The van der Waals surface area contributed by atoms with Crippen LogP contribution in [0.25, 0.3) is 0 Å². The normalized spacial score (nSPS) is 21.1. The van der Waals surface area contributed by atoms with Crippen molar-refractivity contribution >= 4 is 33.1 Å². The lowest BCUT2D eigenvalue weighted by Crippen LogP contribution is -2.44. The zero-order valence-corrected chi connectivity index (χ0v) is 18.6. The van der Waals surface area contributed by atoms with Crippen LogP contribution in [0.15, 0.2) is 46.7 Å². The van der Waals surface area contributed by atoms with Crippen LogP contribution in [-0.4, -0.2) is 48.9 Å². The minimum absolute atomic E-state index is 0.136. The molecule has 1 unspecified atom stereocenters. The minimum Gasteiger partial charge on any atom is -0.335 e. The minimum atomic E-state index is -3.67. The first-order chi connectivity index (χ1) is 14.4. The van der Waals surface area contributed by atoms with Gasteiger partial charge in [0.1, 0.15) is 0 Å². The molecule has 2 saturated heterocycles. The number of Topliss-reactive ketones (excluding diaryl/α,β-unsaturated/α-hetero) is 1. The topological polar surface area (TPSA) is 74.8 Å². The summed E-state index contributed by atoms with van der Waals surface area (Å²) >= 11 is 1.69. The van der Waals surface area contributed by atoms with Crippen molar-refractivity contribution in [1.29, 1.82) is 0 Å². The number of piperidine rings is 1. The highest BCUT2D eigenvalue weighted by Crippen LogP contribution is 2.37. The first-order valence-electron chi connectivity index (χ1n) is 10.3. The first-order valence-corrected chi connectivity index (χ1v) is 12.6. The molecule has 2 fully saturated rings. The summed E-state index contributed by atoms with van der Waals surface area (Å²) in [5.74, 6) is -0.149. The molecule has 0 spiro atoms. The fourth-order valence-electron chi connectivity index (χ4n) is 4.41. The van der Waals surface area contributed by atoms with Gasteiger partial charge in [-0.3, -0.25) is 9.59 Å². The van der Waals surface area contributed by atoms with Crippen LogP contribution in [0.3, 0.4) is 0 Å². The number of hydrogen-bond acceptors (Lipinski definition) is 5. The summed E-state index contributed by atoms with van der Waals surface area (Å²) in [6.07, 6.45) is 3.05. The largest absolute Gasteiger partial charge is 0.335 e. The molecule has 1 amide bonds. The van der Waals surface area contributed by atoms with E-state index in [-0.39, 0.29) is 28.5 Å². The van der Waals surface area contributed by atoms with Gasteiger partial charge in [0.15, 0.2) is 5.78 Å². The van der Waals surface area contributed by atoms with Crippen LogP contribution in [0.2, 0.25) is 0 Å². The molecular weight excluding hydrogens is 420 g/mol. The zero-order chi connectivity index (χ0) is 21.3. The number of carbonyl (C=O) groups is 2. The highest BCUT2D eigenvalue weighted by molar-refractivity contribution is 7.89. The SMILES string of the molecule is CC(=O)c1cccc(S(=O)(=O)N2CCC(C(=O)N3CCCC3c3cccs3)CC2)c1. The summed E-state index contributed by atoms with van der Waals surface area (Å²) in [6, 6.07) is 10.4. The summed E-state index contributed by atoms with van der Waals surface area (Å²) in [4.78, 5) is 28.1. The van der Waals surface area contributed by atoms with Gasteiger partial charge < -0.3 is 4.90 Å². The number of hydrogen-bond donors (Lipinski definition) is 0. The first kappa shape index (κ1) is 21.2. The maximum atomic E-state index is 13.2. The summed E-state index contributed by atoms with van der Waals surface area (Å²) in [7, 11) is -3.67. The number of carbonyl (C=O) groups excluding carboxylic acids is 2. The van der Waals surface area contributed by atoms with Crippen LogP contribution in [0.5, 0.6) is 0 Å². The smallest absolute Gasteiger partial charge is 0.243 e. The van der Waals surface area contributed by atoms with E-state index in [1.165, 1.54) is 28.2 Å². The molecule has 6 nitrogen and oxygen atoms in total. The maximum absolute atomic E-state index is 13.2. The van der Waals surface area contributed by atoms with Gasteiger partial charge >= 0.3 is 0 Å². The van der Waals surface area contributed by atoms with Crippen molar-refractivity contribution in [1.82, 2.24) is 9.21 Å². The Hall–Kier alpha value is -2.03. The average molecular weight is 447 g/mol. The Morgan fingerprint density at radius 2 is 1.80 bits per heavy atom. The molecule has 4 rings (SSSR count). The molecule has 1 atom stereocenters. The number of nitrogens with zero attached hydrogens (tertiary/aromatic N) is 2. The van der Waals surface area contributed by atoms with E-state index in [4.69, 9.17) is 0 Å². The van der Waals surface area contributed by atoms with Crippen LogP contribution < -0.4 is 0 Å². The molecule has 2 aliphatic heterocycles. The molecule has 8 heteroatoms. The Labute approximate surface area is 181 Å². The van der Waals surface area contributed by atoms with Crippen molar-refractivity contribution in [3.8, 4) is 0 Å². The Morgan fingerprint density at radius 1 is 1.03 bits per heavy atom. The lowest BCUT2D eigenvalue weighted by Gasteiger charge is -2.34. The number of sulfonamides is 1. The van der Waals surface area contributed by atoms with E-state index in [0.717, 1.165) is 19.4 Å². The molecule has 160 valence electrons. The predicted molar refractivity (Wildman–Crippen MR) is 116 cm³/mol. The number of amides is 1. The number of rotatable bonds is 5. The van der Waals surface area contributed by atoms with Crippen LogP contribution in [0.4, 0.5) is 0 Å². The molecule has 3 heterocycles. The van der Waals surface area contributed by atoms with Crippen molar-refractivity contribution in [2.45, 2.75) is 43.5 Å². The predicted octanol–water partition coefficient (Wildman–Crippen LogP) is 3.72. The molecule has 30 heavy (non-hydrogen) atoms. The van der Waals surface area contributed by atoms with Crippen molar-refractivity contribution in [2.75, 3.05) is 19.6 Å². The Balaban J connectivity index is 1.43. The third-order valence-corrected chi connectivity index (χ3v) is 8.96. The lowest BCUT2D eigenvalue weighted by atomic mass is 9.96. The second-order valence-corrected chi connectivity index (χ2v) is 10.9. The van der Waals surface area contributed by atoms with E-state index in [0.29, 0.717) is 31.5 Å². The molecule has 0 aliphatic carbocycles. The van der Waals surface area contributed by atoms with E-state index in [9.17, 15) is 18.0 Å². The van der Waals surface area contributed by atoms with Gasteiger partial charge in [-0.05, 0) is 56.2 Å². The highest BCUT2D eigenvalue weighted by atomic mass is 32.2. The monoisotopic (exact) mass is 446 g/mol. The molecule has 1 aromatic heterocycles. The highest BCUT2D eigenvalue weighted by Gasteiger charge is 2.38. The van der Waals surface area contributed by atoms with Gasteiger partial charge in [0.05, 0.1) is 10.9 Å². The standard InChI is InChI=1S/C22H26N2O4S2/c1-16(25)18-5-2-6-19(15-18)30(27,28)23-12-9-17(10-13-23)22(26)24-11-3-7-20(24)21-8-4-14-29-21/h2,4-6,8,14-15,17,20H,3,7,9-13H2,1H3. The van der Waals surface area contributed by atoms with Crippen molar-refractivity contribution in [3.05, 3.63) is 52.2 Å². The summed E-state index contributed by atoms with van der Waals surface area (Å²) in [5, 5.41) is 2.04. The van der Waals surface area contributed by atoms with E-state index in [2.05, 4.69) is 6.07 Å². The molecule has 2 aromatic rings. The third-order valence-electron chi connectivity index (χ3n) is 6.09. The number of benzene rings is 1.